The zero-order valence-corrected chi connectivity index (χ0v) is 17.1. The van der Waals surface area contributed by atoms with Crippen LogP contribution in [0, 0.1) is 17.6 Å². The Morgan fingerprint density at radius 1 is 1.17 bits per heavy atom. The molecule has 0 unspecified atom stereocenters. The molecule has 2 aliphatic rings. The molecule has 0 aromatic heterocycles. The molecule has 1 saturated heterocycles. The second-order valence-corrected chi connectivity index (χ2v) is 9.95. The normalized spacial score (nSPS) is 23.7. The van der Waals surface area contributed by atoms with Gasteiger partial charge in [0.2, 0.25) is 5.91 Å². The Hall–Kier alpha value is -2.19. The maximum Gasteiger partial charge on any atom is 0.219 e. The standard InChI is InChI=1S/C20H18ClF2NO4S/c1-12(25)24-9-8-20(29(26,27)15-4-2-14(21)3-5-15)13(10-24)11-28-19-17(23)7-6-16(22)18(19)20/h2-7,13H,8-11H2,1H3/t13-,20+/m1/s1. The van der Waals surface area contributed by atoms with Gasteiger partial charge in [0, 0.05) is 31.0 Å². The molecule has 1 fully saturated rings. The van der Waals surface area contributed by atoms with Gasteiger partial charge < -0.3 is 9.64 Å². The number of carbonyl (C=O) groups excluding carboxylic acids is 1. The van der Waals surface area contributed by atoms with Crippen LogP contribution in [0.1, 0.15) is 18.9 Å². The van der Waals surface area contributed by atoms with Gasteiger partial charge in [-0.2, -0.15) is 0 Å². The highest BCUT2D eigenvalue weighted by atomic mass is 35.5. The lowest BCUT2D eigenvalue weighted by molar-refractivity contribution is -0.131. The third kappa shape index (κ3) is 2.92. The second-order valence-electron chi connectivity index (χ2n) is 7.30. The minimum Gasteiger partial charge on any atom is -0.490 e. The van der Waals surface area contributed by atoms with Gasteiger partial charge >= 0.3 is 0 Å². The first-order valence-electron chi connectivity index (χ1n) is 9.05. The number of halogens is 3. The average molecular weight is 442 g/mol. The van der Waals surface area contributed by atoms with Crippen LogP contribution >= 0.6 is 11.6 Å². The molecule has 9 heteroatoms. The van der Waals surface area contributed by atoms with Crippen LogP contribution < -0.4 is 4.74 Å². The van der Waals surface area contributed by atoms with Crippen molar-refractivity contribution in [3.05, 3.63) is 58.6 Å². The van der Waals surface area contributed by atoms with E-state index in [1.807, 2.05) is 0 Å². The van der Waals surface area contributed by atoms with Crippen LogP contribution in [0.25, 0.3) is 0 Å². The zero-order valence-electron chi connectivity index (χ0n) is 15.5. The Balaban J connectivity index is 1.99. The fourth-order valence-electron chi connectivity index (χ4n) is 4.38. The minimum atomic E-state index is -4.19. The number of likely N-dealkylation sites (tertiary alicyclic amines) is 1. The fraction of sp³-hybridized carbons (Fsp3) is 0.350. The van der Waals surface area contributed by atoms with E-state index in [0.717, 1.165) is 12.1 Å². The summed E-state index contributed by atoms with van der Waals surface area (Å²) in [6.45, 7) is 1.41. The van der Waals surface area contributed by atoms with Crippen molar-refractivity contribution in [3.8, 4) is 5.75 Å². The molecule has 0 saturated carbocycles. The highest BCUT2D eigenvalue weighted by Gasteiger charge is 2.59. The molecule has 0 bridgehead atoms. The number of hydrogen-bond acceptors (Lipinski definition) is 4. The van der Waals surface area contributed by atoms with Gasteiger partial charge in [-0.05, 0) is 42.8 Å². The third-order valence-electron chi connectivity index (χ3n) is 5.81. The van der Waals surface area contributed by atoms with Gasteiger partial charge in [-0.1, -0.05) is 11.6 Å². The molecular weight excluding hydrogens is 424 g/mol. The van der Waals surface area contributed by atoms with Gasteiger partial charge in [-0.3, -0.25) is 4.79 Å². The molecule has 2 heterocycles. The van der Waals surface area contributed by atoms with Crippen LogP contribution in [0.15, 0.2) is 41.3 Å². The molecule has 0 radical (unpaired) electrons. The van der Waals surface area contributed by atoms with E-state index in [1.165, 1.54) is 36.1 Å². The van der Waals surface area contributed by atoms with Crippen molar-refractivity contribution >= 4 is 27.3 Å². The smallest absolute Gasteiger partial charge is 0.219 e. The maximum atomic E-state index is 15.0. The van der Waals surface area contributed by atoms with Crippen LogP contribution in [0.5, 0.6) is 5.75 Å². The van der Waals surface area contributed by atoms with E-state index in [2.05, 4.69) is 0 Å². The number of fused-ring (bicyclic) bond motifs is 3. The van der Waals surface area contributed by atoms with Gasteiger partial charge in [0.15, 0.2) is 21.4 Å². The lowest BCUT2D eigenvalue weighted by Crippen LogP contribution is -2.58. The van der Waals surface area contributed by atoms with Gasteiger partial charge in [0.25, 0.3) is 0 Å². The van der Waals surface area contributed by atoms with E-state index in [-0.39, 0.29) is 48.2 Å². The lowest BCUT2D eigenvalue weighted by atomic mass is 9.77. The monoisotopic (exact) mass is 441 g/mol. The summed E-state index contributed by atoms with van der Waals surface area (Å²) in [6, 6.07) is 7.42. The molecule has 2 aromatic rings. The number of ether oxygens (including phenoxy) is 1. The summed E-state index contributed by atoms with van der Waals surface area (Å²) in [5.41, 5.74) is -0.299. The predicted octanol–water partition coefficient (Wildman–Crippen LogP) is 3.55. The summed E-state index contributed by atoms with van der Waals surface area (Å²) in [7, 11) is -4.19. The van der Waals surface area contributed by atoms with E-state index in [9.17, 15) is 17.6 Å². The van der Waals surface area contributed by atoms with Crippen LogP contribution in [0.4, 0.5) is 8.78 Å². The lowest BCUT2D eigenvalue weighted by Gasteiger charge is -2.49. The molecular formula is C20H18ClF2NO4S. The Morgan fingerprint density at radius 3 is 2.48 bits per heavy atom. The summed E-state index contributed by atoms with van der Waals surface area (Å²) in [5.74, 6) is -3.02. The Bertz CT molecular complexity index is 1090. The first-order valence-corrected chi connectivity index (χ1v) is 10.9. The minimum absolute atomic E-state index is 0.0420. The number of amides is 1. The van der Waals surface area contributed by atoms with Gasteiger partial charge in [-0.25, -0.2) is 17.2 Å². The first-order chi connectivity index (χ1) is 13.7. The van der Waals surface area contributed by atoms with Crippen molar-refractivity contribution in [1.82, 2.24) is 4.90 Å². The molecule has 0 aliphatic carbocycles. The summed E-state index contributed by atoms with van der Waals surface area (Å²) in [6.07, 6.45) is -0.0705. The fourth-order valence-corrected chi connectivity index (χ4v) is 6.82. The SMILES string of the molecule is CC(=O)N1CC[C@@]2(S(=O)(=O)c3ccc(Cl)cc3)c3c(F)ccc(F)c3OC[C@H]2C1. The molecule has 154 valence electrons. The number of hydrogen-bond donors (Lipinski definition) is 0. The van der Waals surface area contributed by atoms with Crippen LogP contribution in [-0.4, -0.2) is 38.9 Å². The van der Waals surface area contributed by atoms with Crippen molar-refractivity contribution in [2.24, 2.45) is 5.92 Å². The largest absolute Gasteiger partial charge is 0.490 e. The quantitative estimate of drug-likeness (QED) is 0.715. The molecule has 2 atom stereocenters. The summed E-state index contributed by atoms with van der Waals surface area (Å²) in [4.78, 5) is 13.4. The van der Waals surface area contributed by atoms with Crippen molar-refractivity contribution in [2.45, 2.75) is 23.0 Å². The van der Waals surface area contributed by atoms with Crippen molar-refractivity contribution in [1.29, 1.82) is 0 Å². The van der Waals surface area contributed by atoms with E-state index in [4.69, 9.17) is 16.3 Å². The predicted molar refractivity (Wildman–Crippen MR) is 103 cm³/mol. The Morgan fingerprint density at radius 2 is 1.83 bits per heavy atom. The summed E-state index contributed by atoms with van der Waals surface area (Å²) in [5, 5.41) is 0.356. The van der Waals surface area contributed by atoms with Crippen molar-refractivity contribution < 1.29 is 26.7 Å². The van der Waals surface area contributed by atoms with Gasteiger partial charge in [0.05, 0.1) is 17.1 Å². The van der Waals surface area contributed by atoms with Crippen molar-refractivity contribution in [2.75, 3.05) is 19.7 Å². The number of carbonyl (C=O) groups is 1. The van der Waals surface area contributed by atoms with Gasteiger partial charge in [-0.15, -0.1) is 0 Å². The van der Waals surface area contributed by atoms with E-state index in [0.29, 0.717) is 5.02 Å². The number of piperidine rings is 1. The van der Waals surface area contributed by atoms with Gasteiger partial charge in [0.1, 0.15) is 10.6 Å². The number of benzene rings is 2. The molecule has 29 heavy (non-hydrogen) atoms. The molecule has 4 rings (SSSR count). The van der Waals surface area contributed by atoms with E-state index >= 15 is 4.39 Å². The second kappa shape index (κ2) is 6.95. The first kappa shape index (κ1) is 20.1. The highest BCUT2D eigenvalue weighted by Crippen LogP contribution is 2.54. The van der Waals surface area contributed by atoms with Crippen LogP contribution in [0.3, 0.4) is 0 Å². The topological polar surface area (TPSA) is 63.7 Å². The molecule has 2 aromatic carbocycles. The maximum absolute atomic E-state index is 15.0. The van der Waals surface area contributed by atoms with Crippen LogP contribution in [-0.2, 0) is 19.4 Å². The molecule has 5 nitrogen and oxygen atoms in total. The van der Waals surface area contributed by atoms with Crippen molar-refractivity contribution in [3.63, 3.8) is 0 Å². The Labute approximate surface area is 172 Å². The molecule has 0 N–H and O–H groups in total. The highest BCUT2D eigenvalue weighted by molar-refractivity contribution is 7.92. The Kier molecular flexibility index (Phi) is 4.82. The summed E-state index contributed by atoms with van der Waals surface area (Å²) >= 11 is 5.90. The molecule has 1 amide bonds. The molecule has 0 spiro atoms. The number of nitrogens with zero attached hydrogens (tertiary/aromatic N) is 1. The number of rotatable bonds is 2. The third-order valence-corrected chi connectivity index (χ3v) is 8.66. The average Bonchev–Trinajstić information content (AvgIpc) is 2.69. The van der Waals surface area contributed by atoms with Crippen LogP contribution in [0.2, 0.25) is 5.02 Å². The number of sulfone groups is 1. The zero-order chi connectivity index (χ0) is 21.0. The van der Waals surface area contributed by atoms with E-state index in [1.54, 1.807) is 0 Å². The molecule has 2 aliphatic heterocycles. The summed E-state index contributed by atoms with van der Waals surface area (Å²) < 4.78 is 60.9. The van der Waals surface area contributed by atoms with E-state index < -0.39 is 32.1 Å².